The molecular formula is C25H37F3. The Morgan fingerprint density at radius 3 is 2.07 bits per heavy atom. The molecule has 1 aromatic rings. The minimum absolute atomic E-state index is 0.197. The molecular weight excluding hydrogens is 357 g/mol. The minimum Gasteiger partial charge on any atom is -0.204 e. The summed E-state index contributed by atoms with van der Waals surface area (Å²) in [5.74, 6) is -1.56. The van der Waals surface area contributed by atoms with E-state index >= 15 is 0 Å². The van der Waals surface area contributed by atoms with Gasteiger partial charge in [-0.25, -0.2) is 13.2 Å². The summed E-state index contributed by atoms with van der Waals surface area (Å²) in [6, 6.07) is 1.30. The van der Waals surface area contributed by atoms with E-state index in [0.29, 0.717) is 17.9 Å². The molecule has 1 aromatic carbocycles. The summed E-state index contributed by atoms with van der Waals surface area (Å²) in [4.78, 5) is 0. The fourth-order valence-corrected chi connectivity index (χ4v) is 5.52. The standard InChI is InChI=1S/C25H37F3/c1-2-3-5-8-18-11-13-19(14-12-18)15-16-21-22(20-9-6-4-7-10-20)17-23(26)25(28)24(21)27/h17-20H,2-16H2,1H3. The first-order valence-electron chi connectivity index (χ1n) is 11.8. The van der Waals surface area contributed by atoms with Crippen LogP contribution in [0.25, 0.3) is 0 Å². The van der Waals surface area contributed by atoms with Crippen molar-refractivity contribution < 1.29 is 13.2 Å². The van der Waals surface area contributed by atoms with Crippen LogP contribution in [0.15, 0.2) is 6.07 Å². The van der Waals surface area contributed by atoms with Crippen molar-refractivity contribution in [2.24, 2.45) is 11.8 Å². The number of hydrogen-bond donors (Lipinski definition) is 0. The number of unbranched alkanes of at least 4 members (excludes halogenated alkanes) is 2. The smallest absolute Gasteiger partial charge is 0.194 e. The SMILES string of the molecule is CCCCCC1CCC(CCc2c(C3CCCCC3)cc(F)c(F)c2F)CC1. The van der Waals surface area contributed by atoms with Gasteiger partial charge in [-0.05, 0) is 60.6 Å². The number of hydrogen-bond acceptors (Lipinski definition) is 0. The molecule has 0 saturated heterocycles. The van der Waals surface area contributed by atoms with E-state index in [9.17, 15) is 13.2 Å². The van der Waals surface area contributed by atoms with Crippen LogP contribution in [-0.4, -0.2) is 0 Å². The fraction of sp³-hybridized carbons (Fsp3) is 0.760. The maximum Gasteiger partial charge on any atom is 0.194 e. The van der Waals surface area contributed by atoms with E-state index < -0.39 is 17.5 Å². The lowest BCUT2D eigenvalue weighted by molar-refractivity contribution is 0.248. The zero-order valence-corrected chi connectivity index (χ0v) is 17.5. The first-order chi connectivity index (χ1) is 13.6. The predicted octanol–water partition coefficient (Wildman–Crippen LogP) is 8.47. The highest BCUT2D eigenvalue weighted by Gasteiger charge is 2.27. The number of rotatable bonds is 8. The van der Waals surface area contributed by atoms with E-state index in [1.54, 1.807) is 0 Å². The van der Waals surface area contributed by atoms with Crippen LogP contribution in [0.4, 0.5) is 13.2 Å². The van der Waals surface area contributed by atoms with Crippen LogP contribution >= 0.6 is 0 Å². The molecule has 2 saturated carbocycles. The largest absolute Gasteiger partial charge is 0.204 e. The lowest BCUT2D eigenvalue weighted by Crippen LogP contribution is -2.17. The second-order valence-corrected chi connectivity index (χ2v) is 9.31. The molecule has 0 aromatic heterocycles. The van der Waals surface area contributed by atoms with Crippen LogP contribution in [-0.2, 0) is 6.42 Å². The first-order valence-corrected chi connectivity index (χ1v) is 11.8. The third-order valence-electron chi connectivity index (χ3n) is 7.33. The van der Waals surface area contributed by atoms with Crippen molar-refractivity contribution in [3.8, 4) is 0 Å². The summed E-state index contributed by atoms with van der Waals surface area (Å²) in [5, 5.41) is 0. The lowest BCUT2D eigenvalue weighted by Gasteiger charge is -2.29. The van der Waals surface area contributed by atoms with Gasteiger partial charge in [0.1, 0.15) is 0 Å². The van der Waals surface area contributed by atoms with Crippen LogP contribution in [0.2, 0.25) is 0 Å². The normalized spacial score (nSPS) is 23.9. The Hall–Kier alpha value is -0.990. The fourth-order valence-electron chi connectivity index (χ4n) is 5.52. The van der Waals surface area contributed by atoms with Crippen LogP contribution in [0.5, 0.6) is 0 Å². The van der Waals surface area contributed by atoms with Gasteiger partial charge in [-0.2, -0.15) is 0 Å². The van der Waals surface area contributed by atoms with Gasteiger partial charge in [-0.3, -0.25) is 0 Å². The number of benzene rings is 1. The van der Waals surface area contributed by atoms with Crippen molar-refractivity contribution in [2.75, 3.05) is 0 Å². The molecule has 0 spiro atoms. The highest BCUT2D eigenvalue weighted by Crippen LogP contribution is 2.39. The summed E-state index contributed by atoms with van der Waals surface area (Å²) in [6.45, 7) is 2.25. The number of halogens is 3. The molecule has 2 aliphatic carbocycles. The van der Waals surface area contributed by atoms with Gasteiger partial charge in [-0.1, -0.05) is 77.6 Å². The van der Waals surface area contributed by atoms with Gasteiger partial charge in [-0.15, -0.1) is 0 Å². The summed E-state index contributed by atoms with van der Waals surface area (Å²) in [6.07, 6.45) is 17.1. The van der Waals surface area contributed by atoms with E-state index in [0.717, 1.165) is 43.6 Å². The van der Waals surface area contributed by atoms with Crippen LogP contribution in [0, 0.1) is 29.3 Å². The molecule has 158 valence electrons. The van der Waals surface area contributed by atoms with E-state index in [1.165, 1.54) is 63.9 Å². The van der Waals surface area contributed by atoms with Crippen LogP contribution in [0.3, 0.4) is 0 Å². The molecule has 3 heteroatoms. The average Bonchev–Trinajstić information content (AvgIpc) is 2.73. The molecule has 3 rings (SSSR count). The van der Waals surface area contributed by atoms with Gasteiger partial charge in [0, 0.05) is 0 Å². The molecule has 0 aliphatic heterocycles. The monoisotopic (exact) mass is 394 g/mol. The summed E-state index contributed by atoms with van der Waals surface area (Å²) in [7, 11) is 0. The van der Waals surface area contributed by atoms with Crippen molar-refractivity contribution in [2.45, 2.75) is 109 Å². The Bertz CT molecular complexity index is 611. The molecule has 2 aliphatic rings. The molecule has 2 fully saturated rings. The van der Waals surface area contributed by atoms with Crippen LogP contribution in [0.1, 0.15) is 114 Å². The molecule has 0 nitrogen and oxygen atoms in total. The Labute approximate surface area is 169 Å². The molecule has 0 unspecified atom stereocenters. The zero-order chi connectivity index (χ0) is 19.9. The van der Waals surface area contributed by atoms with Gasteiger partial charge in [0.25, 0.3) is 0 Å². The first kappa shape index (κ1) is 21.7. The van der Waals surface area contributed by atoms with Gasteiger partial charge in [0.05, 0.1) is 0 Å². The lowest BCUT2D eigenvalue weighted by atomic mass is 9.76. The van der Waals surface area contributed by atoms with E-state index in [-0.39, 0.29) is 5.92 Å². The van der Waals surface area contributed by atoms with Crippen molar-refractivity contribution in [3.05, 3.63) is 34.6 Å². The zero-order valence-electron chi connectivity index (χ0n) is 17.5. The maximum atomic E-state index is 14.7. The van der Waals surface area contributed by atoms with Crippen molar-refractivity contribution >= 4 is 0 Å². The maximum absolute atomic E-state index is 14.7. The molecule has 0 atom stereocenters. The average molecular weight is 395 g/mol. The van der Waals surface area contributed by atoms with Crippen molar-refractivity contribution in [1.82, 2.24) is 0 Å². The quantitative estimate of drug-likeness (QED) is 0.306. The van der Waals surface area contributed by atoms with Gasteiger partial charge >= 0.3 is 0 Å². The van der Waals surface area contributed by atoms with E-state index in [1.807, 2.05) is 0 Å². The third kappa shape index (κ3) is 5.54. The van der Waals surface area contributed by atoms with Gasteiger partial charge in [0.15, 0.2) is 17.5 Å². The summed E-state index contributed by atoms with van der Waals surface area (Å²) in [5.41, 5.74) is 1.22. The highest BCUT2D eigenvalue weighted by molar-refractivity contribution is 5.34. The summed E-state index contributed by atoms with van der Waals surface area (Å²) >= 11 is 0. The van der Waals surface area contributed by atoms with Gasteiger partial charge in [0.2, 0.25) is 0 Å². The molecule has 0 bridgehead atoms. The Balaban J connectivity index is 1.60. The molecule has 0 N–H and O–H groups in total. The van der Waals surface area contributed by atoms with Crippen molar-refractivity contribution in [1.29, 1.82) is 0 Å². The summed E-state index contributed by atoms with van der Waals surface area (Å²) < 4.78 is 42.5. The Morgan fingerprint density at radius 2 is 1.43 bits per heavy atom. The molecule has 0 heterocycles. The third-order valence-corrected chi connectivity index (χ3v) is 7.33. The molecule has 0 radical (unpaired) electrons. The molecule has 28 heavy (non-hydrogen) atoms. The van der Waals surface area contributed by atoms with Gasteiger partial charge < -0.3 is 0 Å². The van der Waals surface area contributed by atoms with E-state index in [2.05, 4.69) is 6.92 Å². The minimum atomic E-state index is -1.28. The Kier molecular flexibility index (Phi) is 8.29. The highest BCUT2D eigenvalue weighted by atomic mass is 19.2. The Morgan fingerprint density at radius 1 is 0.786 bits per heavy atom. The van der Waals surface area contributed by atoms with E-state index in [4.69, 9.17) is 0 Å². The van der Waals surface area contributed by atoms with Crippen LogP contribution < -0.4 is 0 Å². The predicted molar refractivity (Wildman–Crippen MR) is 110 cm³/mol. The molecule has 0 amide bonds. The topological polar surface area (TPSA) is 0 Å². The second kappa shape index (κ2) is 10.7. The second-order valence-electron chi connectivity index (χ2n) is 9.31. The van der Waals surface area contributed by atoms with Crippen molar-refractivity contribution in [3.63, 3.8) is 0 Å².